The zero-order chi connectivity index (χ0) is 17.0. The number of carboxylic acids is 1. The van der Waals surface area contributed by atoms with Crippen LogP contribution in [0.2, 0.25) is 0 Å². The smallest absolute Gasteiger partial charge is 0.346 e. The van der Waals surface area contributed by atoms with Crippen LogP contribution in [0.3, 0.4) is 0 Å². The molecule has 0 amide bonds. The van der Waals surface area contributed by atoms with Gasteiger partial charge in [0, 0.05) is 0 Å². The van der Waals surface area contributed by atoms with E-state index in [2.05, 4.69) is 13.2 Å². The lowest BCUT2D eigenvalue weighted by Gasteiger charge is -2.38. The summed E-state index contributed by atoms with van der Waals surface area (Å²) < 4.78 is 22.8. The molecule has 0 bridgehead atoms. The summed E-state index contributed by atoms with van der Waals surface area (Å²) in [7, 11) is -10.1. The highest BCUT2D eigenvalue weighted by Crippen LogP contribution is 2.51. The Bertz CT molecular complexity index is 461. The highest BCUT2D eigenvalue weighted by molar-refractivity contribution is 7.53. The van der Waals surface area contributed by atoms with Crippen molar-refractivity contribution >= 4 is 21.2 Å². The molecule has 0 heterocycles. The largest absolute Gasteiger partial charge is 0.480 e. The number of nitrogens with zero attached hydrogens (tertiary/aromatic N) is 1. The van der Waals surface area contributed by atoms with Gasteiger partial charge in [-0.15, -0.1) is 13.2 Å². The second kappa shape index (κ2) is 7.44. The third-order valence-electron chi connectivity index (χ3n) is 2.54. The summed E-state index contributed by atoms with van der Waals surface area (Å²) >= 11 is 0. The van der Waals surface area contributed by atoms with E-state index in [1.807, 2.05) is 0 Å². The molecule has 6 N–H and O–H groups in total. The topological polar surface area (TPSA) is 176 Å². The van der Waals surface area contributed by atoms with Crippen molar-refractivity contribution in [2.45, 2.75) is 17.6 Å². The molecule has 0 saturated carbocycles. The molecule has 10 nitrogen and oxygen atoms in total. The van der Waals surface area contributed by atoms with E-state index in [-0.39, 0.29) is 0 Å². The van der Waals surface area contributed by atoms with Crippen molar-refractivity contribution in [2.75, 3.05) is 6.61 Å². The Balaban J connectivity index is 6.17. The van der Waals surface area contributed by atoms with Crippen molar-refractivity contribution < 1.29 is 43.7 Å². The van der Waals surface area contributed by atoms with Crippen molar-refractivity contribution in [3.8, 4) is 0 Å². The average Bonchev–Trinajstić information content (AvgIpc) is 2.26. The van der Waals surface area contributed by atoms with Gasteiger partial charge in [-0.25, -0.2) is 0 Å². The van der Waals surface area contributed by atoms with E-state index in [4.69, 9.17) is 10.2 Å². The van der Waals surface area contributed by atoms with Gasteiger partial charge in [0.1, 0.15) is 17.6 Å². The first-order valence-electron chi connectivity index (χ1n) is 5.38. The number of hydrogen-bond donors (Lipinski definition) is 6. The highest BCUT2D eigenvalue weighted by atomic mass is 31.2. The summed E-state index contributed by atoms with van der Waals surface area (Å²) in [5.41, 5.74) is 0. The summed E-state index contributed by atoms with van der Waals surface area (Å²) in [5, 5.41) is 18.1. The molecule has 0 aromatic carbocycles. The first-order chi connectivity index (χ1) is 9.41. The number of aliphatic hydroxyl groups is 1. The van der Waals surface area contributed by atoms with Crippen LogP contribution in [-0.2, 0) is 13.9 Å². The van der Waals surface area contributed by atoms with Gasteiger partial charge in [0.15, 0.2) is 0 Å². The van der Waals surface area contributed by atoms with Crippen molar-refractivity contribution in [2.24, 2.45) is 0 Å². The fourth-order valence-corrected chi connectivity index (χ4v) is 3.65. The van der Waals surface area contributed by atoms with Gasteiger partial charge in [-0.3, -0.25) is 18.8 Å². The van der Waals surface area contributed by atoms with E-state index in [1.54, 1.807) is 0 Å². The molecule has 0 fully saturated rings. The Labute approximate surface area is 120 Å². The minimum Gasteiger partial charge on any atom is -0.480 e. The zero-order valence-corrected chi connectivity index (χ0v) is 12.5. The minimum atomic E-state index is -5.03. The summed E-state index contributed by atoms with van der Waals surface area (Å²) in [6, 6.07) is -1.98. The normalized spacial score (nSPS) is 17.0. The summed E-state index contributed by atoms with van der Waals surface area (Å²) in [4.78, 5) is 48.3. The van der Waals surface area contributed by atoms with E-state index in [0.717, 1.165) is 0 Å². The molecule has 0 aliphatic carbocycles. The second-order valence-electron chi connectivity index (χ2n) is 3.96. The maximum atomic E-state index is 11.4. The van der Waals surface area contributed by atoms with Crippen LogP contribution < -0.4 is 0 Å². The van der Waals surface area contributed by atoms with Gasteiger partial charge in [0.25, 0.3) is 0 Å². The van der Waals surface area contributed by atoms with Crippen molar-refractivity contribution in [3.63, 3.8) is 0 Å². The van der Waals surface area contributed by atoms with Gasteiger partial charge in [-0.1, -0.05) is 12.2 Å². The first kappa shape index (κ1) is 20.2. The molecule has 0 spiro atoms. The monoisotopic (exact) mass is 345 g/mol. The number of aliphatic hydroxyl groups excluding tert-OH is 1. The maximum Gasteiger partial charge on any atom is 0.346 e. The summed E-state index contributed by atoms with van der Waals surface area (Å²) in [6.07, 6.45) is 1.30. The molecule has 0 aromatic heterocycles. The quantitative estimate of drug-likeness (QED) is 0.227. The molecule has 0 rings (SSSR count). The second-order valence-corrected chi connectivity index (χ2v) is 7.38. The average molecular weight is 345 g/mol. The number of rotatable bonds is 9. The lowest BCUT2D eigenvalue weighted by molar-refractivity contribution is -0.145. The molecule has 21 heavy (non-hydrogen) atoms. The maximum absolute atomic E-state index is 11.4. The van der Waals surface area contributed by atoms with Crippen molar-refractivity contribution in [3.05, 3.63) is 25.3 Å². The minimum absolute atomic E-state index is 0.296. The van der Waals surface area contributed by atoms with Crippen molar-refractivity contribution in [1.29, 1.82) is 0 Å². The van der Waals surface area contributed by atoms with Crippen LogP contribution in [0.25, 0.3) is 0 Å². The molecule has 0 aliphatic heterocycles. The lowest BCUT2D eigenvalue weighted by Crippen LogP contribution is -2.53. The van der Waals surface area contributed by atoms with Gasteiger partial charge in [0.05, 0.1) is 6.61 Å². The van der Waals surface area contributed by atoms with E-state index >= 15 is 0 Å². The number of hydrogen-bond acceptors (Lipinski definition) is 5. The Morgan fingerprint density at radius 1 is 1.05 bits per heavy atom. The Morgan fingerprint density at radius 3 is 1.52 bits per heavy atom. The molecular formula is C9H17NO9P2. The van der Waals surface area contributed by atoms with E-state index in [1.165, 1.54) is 0 Å². The molecule has 0 radical (unpaired) electrons. The van der Waals surface area contributed by atoms with Gasteiger partial charge in [-0.05, 0) is 0 Å². The molecular weight excluding hydrogens is 328 g/mol. The Hall–Kier alpha value is -0.830. The molecule has 122 valence electrons. The van der Waals surface area contributed by atoms with E-state index in [0.29, 0.717) is 17.1 Å². The molecule has 3 unspecified atom stereocenters. The predicted octanol–water partition coefficient (Wildman–Crippen LogP) is -0.887. The number of carbonyl (C=O) groups is 1. The SMILES string of the molecule is C=CC(N(C(CO)C(=O)O)C(C=C)P(=O)(O)O)P(=O)(O)O. The number of aliphatic carboxylic acids is 1. The molecule has 0 aliphatic rings. The van der Waals surface area contributed by atoms with Crippen LogP contribution in [0.15, 0.2) is 25.3 Å². The zero-order valence-electron chi connectivity index (χ0n) is 10.8. The summed E-state index contributed by atoms with van der Waals surface area (Å²) in [6.45, 7) is 5.12. The van der Waals surface area contributed by atoms with Crippen LogP contribution >= 0.6 is 15.2 Å². The predicted molar refractivity (Wildman–Crippen MR) is 72.4 cm³/mol. The van der Waals surface area contributed by atoms with Crippen LogP contribution in [0, 0.1) is 0 Å². The molecule has 3 atom stereocenters. The summed E-state index contributed by atoms with van der Waals surface area (Å²) in [5.74, 6) is -5.78. The van der Waals surface area contributed by atoms with Gasteiger partial charge in [0.2, 0.25) is 0 Å². The van der Waals surface area contributed by atoms with Crippen LogP contribution in [0.5, 0.6) is 0 Å². The van der Waals surface area contributed by atoms with Crippen LogP contribution in [-0.4, -0.2) is 64.9 Å². The van der Waals surface area contributed by atoms with E-state index < -0.39 is 45.4 Å². The highest BCUT2D eigenvalue weighted by Gasteiger charge is 2.47. The van der Waals surface area contributed by atoms with Gasteiger partial charge < -0.3 is 29.8 Å². The standard InChI is InChI=1S/C9H17NO9P2/c1-3-7(20(14,15)16)10(6(5-11)9(12)13)8(4-2)21(17,18)19/h3-4,6-8,11H,1-2,5H2,(H,12,13)(H2,14,15,16)(H2,17,18,19). The van der Waals surface area contributed by atoms with Gasteiger partial charge in [-0.2, -0.15) is 0 Å². The fourth-order valence-electron chi connectivity index (χ4n) is 1.69. The Morgan fingerprint density at radius 2 is 1.38 bits per heavy atom. The molecule has 0 saturated heterocycles. The van der Waals surface area contributed by atoms with Crippen LogP contribution in [0.4, 0.5) is 0 Å². The fraction of sp³-hybridized carbons (Fsp3) is 0.444. The molecule has 12 heteroatoms. The van der Waals surface area contributed by atoms with Crippen molar-refractivity contribution in [1.82, 2.24) is 4.90 Å². The first-order valence-corrected chi connectivity index (χ1v) is 8.74. The number of carboxylic acid groups (broad SMARTS) is 1. The lowest BCUT2D eigenvalue weighted by atomic mass is 10.2. The Kier molecular flexibility index (Phi) is 7.14. The third kappa shape index (κ3) is 5.14. The molecule has 0 aromatic rings. The van der Waals surface area contributed by atoms with Gasteiger partial charge >= 0.3 is 21.2 Å². The van der Waals surface area contributed by atoms with Crippen LogP contribution in [0.1, 0.15) is 0 Å². The third-order valence-corrected chi connectivity index (χ3v) is 4.87. The van der Waals surface area contributed by atoms with E-state index in [9.17, 15) is 33.5 Å².